The van der Waals surface area contributed by atoms with Crippen molar-refractivity contribution >= 4 is 28.2 Å². The number of benzene rings is 3. The average Bonchev–Trinajstić information content (AvgIpc) is 2.79. The van der Waals surface area contributed by atoms with E-state index in [1.165, 1.54) is 0 Å². The number of nitrogens with one attached hydrogen (secondary N) is 1. The van der Waals surface area contributed by atoms with Crippen LogP contribution in [-0.2, 0) is 11.3 Å². The van der Waals surface area contributed by atoms with Gasteiger partial charge in [-0.2, -0.15) is 0 Å². The molecule has 4 aromatic rings. The van der Waals surface area contributed by atoms with Crippen molar-refractivity contribution in [2.45, 2.75) is 13.5 Å². The van der Waals surface area contributed by atoms with Crippen molar-refractivity contribution in [3.05, 3.63) is 96.2 Å². The van der Waals surface area contributed by atoms with Crippen LogP contribution in [0.4, 0.5) is 11.4 Å². The highest BCUT2D eigenvalue weighted by Gasteiger charge is 2.18. The molecular formula is C25H22N2O3. The lowest BCUT2D eigenvalue weighted by molar-refractivity contribution is 0.0527. The summed E-state index contributed by atoms with van der Waals surface area (Å²) in [5.74, 6) is 0.276. The summed E-state index contributed by atoms with van der Waals surface area (Å²) in [7, 11) is 0. The van der Waals surface area contributed by atoms with Gasteiger partial charge in [0.1, 0.15) is 17.9 Å². The first kappa shape index (κ1) is 19.5. The fourth-order valence-corrected chi connectivity index (χ4v) is 3.21. The average molecular weight is 398 g/mol. The first-order valence-corrected chi connectivity index (χ1v) is 9.84. The smallest absolute Gasteiger partial charge is 0.341 e. The van der Waals surface area contributed by atoms with E-state index in [0.29, 0.717) is 30.2 Å². The van der Waals surface area contributed by atoms with E-state index in [-0.39, 0.29) is 0 Å². The van der Waals surface area contributed by atoms with Crippen molar-refractivity contribution in [2.75, 3.05) is 11.9 Å². The molecule has 1 heterocycles. The second-order valence-corrected chi connectivity index (χ2v) is 6.68. The second-order valence-electron chi connectivity index (χ2n) is 6.68. The number of rotatable bonds is 7. The molecule has 1 N–H and O–H groups in total. The number of aromatic nitrogens is 1. The molecule has 5 nitrogen and oxygen atoms in total. The van der Waals surface area contributed by atoms with Gasteiger partial charge in [0.15, 0.2) is 0 Å². The van der Waals surface area contributed by atoms with Crippen LogP contribution in [0.1, 0.15) is 22.8 Å². The largest absolute Gasteiger partial charge is 0.487 e. The molecule has 0 aliphatic rings. The van der Waals surface area contributed by atoms with Crippen LogP contribution in [0.25, 0.3) is 10.9 Å². The third-order valence-corrected chi connectivity index (χ3v) is 4.65. The summed E-state index contributed by atoms with van der Waals surface area (Å²) in [6.45, 7) is 2.52. The summed E-state index contributed by atoms with van der Waals surface area (Å²) in [5.41, 5.74) is 3.66. The minimum Gasteiger partial charge on any atom is -0.487 e. The Hall–Kier alpha value is -3.86. The molecule has 0 spiro atoms. The zero-order valence-corrected chi connectivity index (χ0v) is 16.7. The number of hydrogen-bond acceptors (Lipinski definition) is 5. The van der Waals surface area contributed by atoms with Gasteiger partial charge in [-0.3, -0.25) is 4.98 Å². The molecule has 5 heteroatoms. The van der Waals surface area contributed by atoms with Crippen LogP contribution in [0, 0.1) is 0 Å². The van der Waals surface area contributed by atoms with Crippen LogP contribution in [0.5, 0.6) is 5.75 Å². The van der Waals surface area contributed by atoms with Crippen LogP contribution in [0.15, 0.2) is 85.1 Å². The van der Waals surface area contributed by atoms with E-state index in [9.17, 15) is 4.79 Å². The Balaban J connectivity index is 1.70. The molecule has 0 unspecified atom stereocenters. The molecule has 3 aromatic carbocycles. The molecule has 0 aliphatic carbocycles. The van der Waals surface area contributed by atoms with Gasteiger partial charge >= 0.3 is 5.97 Å². The van der Waals surface area contributed by atoms with Crippen molar-refractivity contribution in [1.82, 2.24) is 4.98 Å². The van der Waals surface area contributed by atoms with E-state index >= 15 is 0 Å². The Morgan fingerprint density at radius 3 is 2.50 bits per heavy atom. The summed E-state index contributed by atoms with van der Waals surface area (Å²) >= 11 is 0. The lowest BCUT2D eigenvalue weighted by Gasteiger charge is -2.17. The topological polar surface area (TPSA) is 60.5 Å². The lowest BCUT2D eigenvalue weighted by Crippen LogP contribution is -2.09. The molecule has 0 saturated heterocycles. The van der Waals surface area contributed by atoms with Gasteiger partial charge in [0.05, 0.1) is 23.5 Å². The number of anilines is 2. The van der Waals surface area contributed by atoms with Gasteiger partial charge in [0.2, 0.25) is 0 Å². The number of fused-ring (bicyclic) bond motifs is 1. The maximum absolute atomic E-state index is 12.6. The van der Waals surface area contributed by atoms with E-state index in [1.54, 1.807) is 13.1 Å². The zero-order valence-electron chi connectivity index (χ0n) is 16.7. The monoisotopic (exact) mass is 398 g/mol. The van der Waals surface area contributed by atoms with Gasteiger partial charge in [-0.05, 0) is 30.7 Å². The van der Waals surface area contributed by atoms with E-state index in [1.807, 2.05) is 78.9 Å². The van der Waals surface area contributed by atoms with Crippen molar-refractivity contribution in [3.8, 4) is 5.75 Å². The van der Waals surface area contributed by atoms with Crippen LogP contribution in [0.3, 0.4) is 0 Å². The van der Waals surface area contributed by atoms with Gasteiger partial charge in [0.25, 0.3) is 0 Å². The predicted octanol–water partition coefficient (Wildman–Crippen LogP) is 5.73. The molecule has 0 atom stereocenters. The molecule has 0 amide bonds. The molecule has 0 fully saturated rings. The number of esters is 1. The van der Waals surface area contributed by atoms with E-state index in [4.69, 9.17) is 9.47 Å². The van der Waals surface area contributed by atoms with Crippen molar-refractivity contribution < 1.29 is 14.3 Å². The fraction of sp³-hybridized carbons (Fsp3) is 0.120. The summed E-state index contributed by atoms with van der Waals surface area (Å²) in [5, 5.41) is 4.23. The van der Waals surface area contributed by atoms with Gasteiger partial charge < -0.3 is 14.8 Å². The maximum atomic E-state index is 12.6. The zero-order chi connectivity index (χ0) is 20.8. The lowest BCUT2D eigenvalue weighted by atomic mass is 10.1. The van der Waals surface area contributed by atoms with Crippen LogP contribution >= 0.6 is 0 Å². The van der Waals surface area contributed by atoms with E-state index in [0.717, 1.165) is 22.2 Å². The number of nitrogens with zero attached hydrogens (tertiary/aromatic N) is 1. The molecular weight excluding hydrogens is 376 g/mol. The van der Waals surface area contributed by atoms with Crippen molar-refractivity contribution in [1.29, 1.82) is 0 Å². The molecule has 150 valence electrons. The number of carbonyl (C=O) groups excluding carboxylic acids is 1. The predicted molar refractivity (Wildman–Crippen MR) is 118 cm³/mol. The normalized spacial score (nSPS) is 10.6. The van der Waals surface area contributed by atoms with Crippen LogP contribution < -0.4 is 10.1 Å². The second kappa shape index (κ2) is 9.09. The summed E-state index contributed by atoms with van der Waals surface area (Å²) < 4.78 is 11.3. The molecule has 0 saturated carbocycles. The number of carbonyl (C=O) groups is 1. The van der Waals surface area contributed by atoms with Crippen LogP contribution in [-0.4, -0.2) is 17.6 Å². The third-order valence-electron chi connectivity index (χ3n) is 4.65. The minimum atomic E-state index is -0.416. The molecule has 1 aromatic heterocycles. The van der Waals surface area contributed by atoms with Gasteiger partial charge in [-0.1, -0.05) is 60.7 Å². The maximum Gasteiger partial charge on any atom is 0.341 e. The van der Waals surface area contributed by atoms with E-state index in [2.05, 4.69) is 10.3 Å². The van der Waals surface area contributed by atoms with Crippen molar-refractivity contribution in [3.63, 3.8) is 0 Å². The Bertz CT molecular complexity index is 1160. The number of hydrogen-bond donors (Lipinski definition) is 1. The summed E-state index contributed by atoms with van der Waals surface area (Å²) in [6, 6.07) is 25.3. The third kappa shape index (κ3) is 4.25. The molecule has 0 bridgehead atoms. The quantitative estimate of drug-likeness (QED) is 0.403. The number of ether oxygens (including phenoxy) is 2. The standard InChI is InChI=1S/C25H22N2O3/c1-2-29-25(28)20-16-26-21-13-7-6-12-19(21)24(20)27-22-14-8-9-15-23(22)30-17-18-10-4-3-5-11-18/h3-16H,2,17H2,1H3,(H,26,27). The van der Waals surface area contributed by atoms with E-state index < -0.39 is 5.97 Å². The van der Waals surface area contributed by atoms with Gasteiger partial charge in [-0.15, -0.1) is 0 Å². The fourth-order valence-electron chi connectivity index (χ4n) is 3.21. The molecule has 30 heavy (non-hydrogen) atoms. The Kier molecular flexibility index (Phi) is 5.90. The Morgan fingerprint density at radius 2 is 1.67 bits per heavy atom. The summed E-state index contributed by atoms with van der Waals surface area (Å²) in [4.78, 5) is 17.0. The Morgan fingerprint density at radius 1 is 0.933 bits per heavy atom. The number of para-hydroxylation sites is 3. The van der Waals surface area contributed by atoms with Gasteiger partial charge in [-0.25, -0.2) is 4.79 Å². The first-order chi connectivity index (χ1) is 14.8. The van der Waals surface area contributed by atoms with Gasteiger partial charge in [0, 0.05) is 11.6 Å². The first-order valence-electron chi connectivity index (χ1n) is 9.84. The highest BCUT2D eigenvalue weighted by Crippen LogP contribution is 2.34. The SMILES string of the molecule is CCOC(=O)c1cnc2ccccc2c1Nc1ccccc1OCc1ccccc1. The summed E-state index contributed by atoms with van der Waals surface area (Å²) in [6.07, 6.45) is 1.55. The minimum absolute atomic E-state index is 0.294. The molecule has 0 aliphatic heterocycles. The highest BCUT2D eigenvalue weighted by atomic mass is 16.5. The highest BCUT2D eigenvalue weighted by molar-refractivity contribution is 6.06. The molecule has 0 radical (unpaired) electrons. The van der Waals surface area contributed by atoms with Crippen LogP contribution in [0.2, 0.25) is 0 Å². The van der Waals surface area contributed by atoms with Crippen molar-refractivity contribution in [2.24, 2.45) is 0 Å². The molecule has 4 rings (SSSR count). The number of pyridine rings is 1. The Labute approximate surface area is 175 Å².